The summed E-state index contributed by atoms with van der Waals surface area (Å²) < 4.78 is 0. The van der Waals surface area contributed by atoms with Crippen molar-refractivity contribution in [3.63, 3.8) is 0 Å². The smallest absolute Gasteiger partial charge is 0.234 e. The zero-order valence-corrected chi connectivity index (χ0v) is 12.6. The van der Waals surface area contributed by atoms with E-state index >= 15 is 0 Å². The first-order valence-electron chi connectivity index (χ1n) is 6.97. The quantitative estimate of drug-likeness (QED) is 0.862. The summed E-state index contributed by atoms with van der Waals surface area (Å²) in [6.45, 7) is 5.98. The van der Waals surface area contributed by atoms with Crippen molar-refractivity contribution in [2.24, 2.45) is 5.41 Å². The molecule has 1 saturated heterocycles. The monoisotopic (exact) mass is 274 g/mol. The number of carbonyl (C=O) groups is 2. The summed E-state index contributed by atoms with van der Waals surface area (Å²) in [5, 5.41) is 3.16. The van der Waals surface area contributed by atoms with Gasteiger partial charge in [-0.25, -0.2) is 0 Å². The Morgan fingerprint density at radius 2 is 1.60 bits per heavy atom. The van der Waals surface area contributed by atoms with Gasteiger partial charge in [0.05, 0.1) is 5.69 Å². The number of anilines is 1. The lowest BCUT2D eigenvalue weighted by Gasteiger charge is -2.34. The molecular weight excluding hydrogens is 252 g/mol. The molecule has 4 heteroatoms. The molecule has 1 heterocycles. The molecule has 1 unspecified atom stereocenters. The first-order chi connectivity index (χ1) is 9.34. The summed E-state index contributed by atoms with van der Waals surface area (Å²) in [6, 6.07) is 7.85. The summed E-state index contributed by atoms with van der Waals surface area (Å²) in [6.07, 6.45) is 0.820. The summed E-state index contributed by atoms with van der Waals surface area (Å²) in [5.41, 5.74) is 1.57. The minimum Gasteiger partial charge on any atom is -0.313 e. The maximum Gasteiger partial charge on any atom is 0.234 e. The van der Waals surface area contributed by atoms with Crippen LogP contribution in [0, 0.1) is 5.41 Å². The summed E-state index contributed by atoms with van der Waals surface area (Å²) in [5.74, 6) is -0.221. The minimum atomic E-state index is -0.231. The van der Waals surface area contributed by atoms with E-state index in [0.717, 1.165) is 5.56 Å². The van der Waals surface area contributed by atoms with Crippen LogP contribution in [0.25, 0.3) is 0 Å². The highest BCUT2D eigenvalue weighted by molar-refractivity contribution is 6.16. The van der Waals surface area contributed by atoms with Crippen molar-refractivity contribution in [1.29, 1.82) is 0 Å². The number of piperidine rings is 1. The van der Waals surface area contributed by atoms with Crippen molar-refractivity contribution in [3.8, 4) is 0 Å². The normalized spacial score (nSPS) is 20.1. The van der Waals surface area contributed by atoms with Crippen LogP contribution >= 0.6 is 0 Å². The van der Waals surface area contributed by atoms with Crippen molar-refractivity contribution in [1.82, 2.24) is 5.32 Å². The van der Waals surface area contributed by atoms with E-state index in [1.165, 1.54) is 4.90 Å². The Balaban J connectivity index is 2.23. The number of hydrogen-bond donors (Lipinski definition) is 1. The highest BCUT2D eigenvalue weighted by Gasteiger charge is 2.38. The molecule has 1 N–H and O–H groups in total. The number of nitrogens with one attached hydrogen (secondary N) is 1. The molecule has 0 radical (unpaired) electrons. The maximum atomic E-state index is 12.2. The fraction of sp³-hybridized carbons (Fsp3) is 0.500. The van der Waals surface area contributed by atoms with E-state index in [4.69, 9.17) is 0 Å². The number of benzene rings is 1. The first-order valence-corrected chi connectivity index (χ1v) is 6.97. The number of nitrogens with zero attached hydrogens (tertiary/aromatic N) is 1. The van der Waals surface area contributed by atoms with E-state index in [1.807, 2.05) is 45.2 Å². The van der Waals surface area contributed by atoms with Gasteiger partial charge in [-0.2, -0.15) is 0 Å². The molecule has 108 valence electrons. The molecule has 1 aliphatic rings. The molecule has 2 amide bonds. The number of imide groups is 1. The van der Waals surface area contributed by atoms with Gasteiger partial charge in [-0.15, -0.1) is 0 Å². The molecule has 0 bridgehead atoms. The van der Waals surface area contributed by atoms with Crippen molar-refractivity contribution < 1.29 is 9.59 Å². The van der Waals surface area contributed by atoms with E-state index in [1.54, 1.807) is 0 Å². The van der Waals surface area contributed by atoms with Gasteiger partial charge in [-0.1, -0.05) is 26.0 Å². The molecule has 20 heavy (non-hydrogen) atoms. The molecule has 0 aliphatic carbocycles. The van der Waals surface area contributed by atoms with Crippen LogP contribution in [0.5, 0.6) is 0 Å². The van der Waals surface area contributed by atoms with Crippen molar-refractivity contribution in [2.75, 3.05) is 11.9 Å². The van der Waals surface area contributed by atoms with E-state index in [0.29, 0.717) is 18.5 Å². The summed E-state index contributed by atoms with van der Waals surface area (Å²) in [7, 11) is 1.90. The van der Waals surface area contributed by atoms with Gasteiger partial charge in [-0.3, -0.25) is 14.5 Å². The summed E-state index contributed by atoms with van der Waals surface area (Å²) >= 11 is 0. The topological polar surface area (TPSA) is 49.4 Å². The van der Waals surface area contributed by atoms with Gasteiger partial charge >= 0.3 is 0 Å². The zero-order valence-electron chi connectivity index (χ0n) is 12.6. The average molecular weight is 274 g/mol. The van der Waals surface area contributed by atoms with E-state index in [9.17, 15) is 9.59 Å². The lowest BCUT2D eigenvalue weighted by atomic mass is 9.81. The van der Waals surface area contributed by atoms with Crippen molar-refractivity contribution in [3.05, 3.63) is 29.8 Å². The fourth-order valence-corrected chi connectivity index (χ4v) is 2.55. The Kier molecular flexibility index (Phi) is 3.95. The van der Waals surface area contributed by atoms with Crippen LogP contribution in [0.3, 0.4) is 0 Å². The van der Waals surface area contributed by atoms with Crippen molar-refractivity contribution in [2.45, 2.75) is 39.7 Å². The fourth-order valence-electron chi connectivity index (χ4n) is 2.55. The number of carbonyl (C=O) groups excluding carboxylic acids is 2. The Labute approximate surface area is 120 Å². The van der Waals surface area contributed by atoms with Gasteiger partial charge in [0.25, 0.3) is 0 Å². The molecule has 0 aromatic heterocycles. The number of rotatable bonds is 3. The standard InChI is InChI=1S/C16H22N2O2/c1-11(17-4)12-5-7-13(8-6-12)18-14(19)9-16(2,3)10-15(18)20/h5-8,11,17H,9-10H2,1-4H3. The predicted molar refractivity (Wildman–Crippen MR) is 79.4 cm³/mol. The van der Waals surface area contributed by atoms with E-state index in [2.05, 4.69) is 12.2 Å². The summed E-state index contributed by atoms with van der Waals surface area (Å²) in [4.78, 5) is 25.7. The second kappa shape index (κ2) is 5.37. The van der Waals surface area contributed by atoms with Crippen LogP contribution < -0.4 is 10.2 Å². The van der Waals surface area contributed by atoms with Gasteiger partial charge in [0.2, 0.25) is 11.8 Å². The van der Waals surface area contributed by atoms with Gasteiger partial charge in [0.15, 0.2) is 0 Å². The molecule has 1 aromatic carbocycles. The van der Waals surface area contributed by atoms with E-state index in [-0.39, 0.29) is 23.3 Å². The Morgan fingerprint density at radius 3 is 2.05 bits per heavy atom. The van der Waals surface area contributed by atoms with Crippen LogP contribution in [0.2, 0.25) is 0 Å². The molecule has 1 aromatic rings. The SMILES string of the molecule is CNC(C)c1ccc(N2C(=O)CC(C)(C)CC2=O)cc1. The van der Waals surface area contributed by atoms with Gasteiger partial charge in [0, 0.05) is 18.9 Å². The third kappa shape index (κ3) is 2.90. The highest BCUT2D eigenvalue weighted by atomic mass is 16.2. The molecule has 1 fully saturated rings. The Bertz CT molecular complexity index is 500. The third-order valence-corrected chi connectivity index (χ3v) is 3.84. The Morgan fingerprint density at radius 1 is 1.10 bits per heavy atom. The molecular formula is C16H22N2O2. The van der Waals surface area contributed by atoms with Crippen LogP contribution in [-0.4, -0.2) is 18.9 Å². The lowest BCUT2D eigenvalue weighted by Crippen LogP contribution is -2.46. The van der Waals surface area contributed by atoms with Crippen molar-refractivity contribution >= 4 is 17.5 Å². The van der Waals surface area contributed by atoms with E-state index < -0.39 is 0 Å². The molecule has 1 aliphatic heterocycles. The zero-order chi connectivity index (χ0) is 14.9. The van der Waals surface area contributed by atoms with Gasteiger partial charge in [0.1, 0.15) is 0 Å². The molecule has 0 saturated carbocycles. The second-order valence-electron chi connectivity index (χ2n) is 6.24. The maximum absolute atomic E-state index is 12.2. The predicted octanol–water partition coefficient (Wildman–Crippen LogP) is 2.65. The second-order valence-corrected chi connectivity index (χ2v) is 6.24. The van der Waals surface area contributed by atoms with Crippen LogP contribution in [0.15, 0.2) is 24.3 Å². The first kappa shape index (κ1) is 14.7. The van der Waals surface area contributed by atoms with Crippen LogP contribution in [-0.2, 0) is 9.59 Å². The van der Waals surface area contributed by atoms with Gasteiger partial charge in [-0.05, 0) is 37.1 Å². The molecule has 1 atom stereocenters. The molecule has 2 rings (SSSR count). The van der Waals surface area contributed by atoms with Crippen LogP contribution in [0.4, 0.5) is 5.69 Å². The number of hydrogen-bond acceptors (Lipinski definition) is 3. The number of amides is 2. The third-order valence-electron chi connectivity index (χ3n) is 3.84. The van der Waals surface area contributed by atoms with Crippen LogP contribution in [0.1, 0.15) is 45.2 Å². The Hall–Kier alpha value is -1.68. The highest BCUT2D eigenvalue weighted by Crippen LogP contribution is 2.34. The average Bonchev–Trinajstić information content (AvgIpc) is 2.36. The lowest BCUT2D eigenvalue weighted by molar-refractivity contribution is -0.132. The van der Waals surface area contributed by atoms with Gasteiger partial charge < -0.3 is 5.32 Å². The minimum absolute atomic E-state index is 0.110. The molecule has 4 nitrogen and oxygen atoms in total. The molecule has 0 spiro atoms. The largest absolute Gasteiger partial charge is 0.313 e.